The van der Waals surface area contributed by atoms with Gasteiger partial charge in [0.05, 0.1) is 45.2 Å². The quantitative estimate of drug-likeness (QED) is 0.0822. The zero-order valence-electron chi connectivity index (χ0n) is 24.9. The lowest BCUT2D eigenvalue weighted by atomic mass is 10.1. The minimum absolute atomic E-state index is 0.0260. The number of anilines is 1. The molecule has 0 unspecified atom stereocenters. The lowest BCUT2D eigenvalue weighted by Gasteiger charge is -2.12. The second kappa shape index (κ2) is 13.5. The lowest BCUT2D eigenvalue weighted by molar-refractivity contribution is 0.415. The van der Waals surface area contributed by atoms with Gasteiger partial charge in [0.25, 0.3) is 10.1 Å². The van der Waals surface area contributed by atoms with Crippen molar-refractivity contribution < 1.29 is 39.6 Å². The van der Waals surface area contributed by atoms with E-state index in [0.29, 0.717) is 12.8 Å². The molecule has 0 aliphatic heterocycles. The van der Waals surface area contributed by atoms with Crippen molar-refractivity contribution in [3.63, 3.8) is 0 Å². The van der Waals surface area contributed by atoms with Crippen LogP contribution in [-0.4, -0.2) is 53.5 Å². The summed E-state index contributed by atoms with van der Waals surface area (Å²) in [6.07, 6.45) is 0.846. The first kappa shape index (κ1) is 34.4. The summed E-state index contributed by atoms with van der Waals surface area (Å²) in [6, 6.07) is 13.3. The molecule has 0 heterocycles. The minimum Gasteiger partial charge on any atom is -0.505 e. The molecule has 0 saturated carbocycles. The molecule has 244 valence electrons. The van der Waals surface area contributed by atoms with E-state index < -0.39 is 46.1 Å². The van der Waals surface area contributed by atoms with Crippen molar-refractivity contribution in [2.24, 2.45) is 20.5 Å². The van der Waals surface area contributed by atoms with Crippen LogP contribution in [0, 0.1) is 0 Å². The minimum atomic E-state index is -4.92. The van der Waals surface area contributed by atoms with Gasteiger partial charge in [-0.2, -0.15) is 13.5 Å². The molecular formula is C29H31N5O9S3. The smallest absolute Gasteiger partial charge is 0.296 e. The molecule has 17 heteroatoms. The molecule has 0 aliphatic rings. The molecule has 0 aliphatic carbocycles. The number of phenols is 1. The van der Waals surface area contributed by atoms with E-state index >= 15 is 0 Å². The fraction of sp³-hybridized carbons (Fsp3) is 0.241. The van der Waals surface area contributed by atoms with Crippen molar-refractivity contribution >= 4 is 69.0 Å². The van der Waals surface area contributed by atoms with Gasteiger partial charge in [0.1, 0.15) is 27.7 Å². The third-order valence-corrected chi connectivity index (χ3v) is 11.4. The summed E-state index contributed by atoms with van der Waals surface area (Å²) in [5, 5.41) is 27.2. The number of benzene rings is 4. The highest BCUT2D eigenvalue weighted by molar-refractivity contribution is 7.91. The first-order valence-corrected chi connectivity index (χ1v) is 18.5. The average Bonchev–Trinajstić information content (AvgIpc) is 2.99. The van der Waals surface area contributed by atoms with E-state index in [1.807, 2.05) is 0 Å². The summed E-state index contributed by atoms with van der Waals surface area (Å²) in [4.78, 5) is -0.660. The van der Waals surface area contributed by atoms with Gasteiger partial charge in [0.15, 0.2) is 25.4 Å². The van der Waals surface area contributed by atoms with Gasteiger partial charge in [-0.1, -0.05) is 19.9 Å². The Hall–Kier alpha value is -4.45. The summed E-state index contributed by atoms with van der Waals surface area (Å²) in [5.74, 6) is -0.612. The van der Waals surface area contributed by atoms with Crippen LogP contribution in [0.3, 0.4) is 0 Å². The van der Waals surface area contributed by atoms with Crippen LogP contribution in [0.5, 0.6) is 11.5 Å². The average molecular weight is 690 g/mol. The Morgan fingerprint density at radius 3 is 1.91 bits per heavy atom. The molecule has 4 rings (SSSR count). The number of hydrogen-bond donors (Lipinski definition) is 3. The summed E-state index contributed by atoms with van der Waals surface area (Å²) >= 11 is 0. The standard InChI is InChI=1S/C29H31N5O9S3/c1-4-14-44(36,37)20-9-7-19(8-10-20)31-34-28-25(46(40,41)42)16-18-6-12-22(27(30)26(18)29(28)35)32-33-23-17-21(11-13-24(23)43-3)45(38,39)15-5-2/h6-13,16-17,35H,4-5,14-15,30H2,1-3H3,(H,40,41,42). The van der Waals surface area contributed by atoms with Gasteiger partial charge in [-0.3, -0.25) is 4.55 Å². The third-order valence-electron chi connectivity index (χ3n) is 6.70. The fourth-order valence-electron chi connectivity index (χ4n) is 4.49. The number of rotatable bonds is 12. The van der Waals surface area contributed by atoms with Gasteiger partial charge in [0, 0.05) is 0 Å². The van der Waals surface area contributed by atoms with E-state index in [9.17, 15) is 34.9 Å². The van der Waals surface area contributed by atoms with E-state index in [1.54, 1.807) is 13.8 Å². The lowest BCUT2D eigenvalue weighted by Crippen LogP contribution is -2.05. The molecule has 0 amide bonds. The molecule has 0 saturated heterocycles. The van der Waals surface area contributed by atoms with Gasteiger partial charge >= 0.3 is 0 Å². The first-order chi connectivity index (χ1) is 21.6. The zero-order chi connectivity index (χ0) is 33.9. The summed E-state index contributed by atoms with van der Waals surface area (Å²) < 4.78 is 89.5. The summed E-state index contributed by atoms with van der Waals surface area (Å²) in [6.45, 7) is 3.48. The van der Waals surface area contributed by atoms with Gasteiger partial charge in [-0.05, 0) is 72.8 Å². The normalized spacial score (nSPS) is 12.8. The maximum atomic E-state index is 12.6. The molecule has 4 aromatic carbocycles. The second-order valence-corrected chi connectivity index (χ2v) is 15.6. The van der Waals surface area contributed by atoms with Crippen molar-refractivity contribution in [2.75, 3.05) is 24.3 Å². The predicted octanol–water partition coefficient (Wildman–Crippen LogP) is 6.58. The SMILES string of the molecule is CCCS(=O)(=O)c1ccc(N=Nc2c(S(=O)(=O)O)cc3ccc(N=Nc4cc(S(=O)(=O)CCC)ccc4OC)c(N)c3c2O)cc1. The highest BCUT2D eigenvalue weighted by Gasteiger charge is 2.24. The number of aromatic hydroxyl groups is 1. The Morgan fingerprint density at radius 2 is 1.33 bits per heavy atom. The largest absolute Gasteiger partial charge is 0.505 e. The van der Waals surface area contributed by atoms with Crippen molar-refractivity contribution in [3.05, 3.63) is 60.7 Å². The monoisotopic (exact) mass is 689 g/mol. The molecule has 0 spiro atoms. The molecule has 4 N–H and O–H groups in total. The Morgan fingerprint density at radius 1 is 0.739 bits per heavy atom. The van der Waals surface area contributed by atoms with Crippen LogP contribution in [-0.2, 0) is 29.8 Å². The third kappa shape index (κ3) is 7.33. The number of nitrogens with two attached hydrogens (primary N) is 1. The molecule has 4 aromatic rings. The van der Waals surface area contributed by atoms with Gasteiger partial charge in [0.2, 0.25) is 0 Å². The molecule has 0 aromatic heterocycles. The summed E-state index contributed by atoms with van der Waals surface area (Å²) in [7, 11) is -10.6. The Kier molecular flexibility index (Phi) is 10.1. The van der Waals surface area contributed by atoms with Crippen LogP contribution in [0.2, 0.25) is 0 Å². The summed E-state index contributed by atoms with van der Waals surface area (Å²) in [5.41, 5.74) is 5.80. The van der Waals surface area contributed by atoms with Crippen LogP contribution in [0.4, 0.5) is 28.4 Å². The van der Waals surface area contributed by atoms with Gasteiger partial charge < -0.3 is 15.6 Å². The van der Waals surface area contributed by atoms with E-state index in [1.165, 1.54) is 61.7 Å². The van der Waals surface area contributed by atoms with Gasteiger partial charge in [-0.15, -0.1) is 15.3 Å². The van der Waals surface area contributed by atoms with Crippen molar-refractivity contribution in [1.82, 2.24) is 0 Å². The number of methoxy groups -OCH3 is 1. The molecule has 46 heavy (non-hydrogen) atoms. The topological polar surface area (TPSA) is 228 Å². The highest BCUT2D eigenvalue weighted by atomic mass is 32.2. The molecule has 0 fully saturated rings. The molecule has 0 atom stereocenters. The van der Waals surface area contributed by atoms with E-state index in [4.69, 9.17) is 10.5 Å². The predicted molar refractivity (Wildman–Crippen MR) is 172 cm³/mol. The number of sulfone groups is 2. The Labute approximate surface area is 266 Å². The number of hydrogen-bond acceptors (Lipinski definition) is 13. The molecular weight excluding hydrogens is 659 g/mol. The maximum absolute atomic E-state index is 12.6. The number of nitrogens with zero attached hydrogens (tertiary/aromatic N) is 4. The van der Waals surface area contributed by atoms with Crippen LogP contribution in [0.15, 0.2) is 95.8 Å². The first-order valence-electron chi connectivity index (χ1n) is 13.8. The second-order valence-electron chi connectivity index (χ2n) is 10.0. The van der Waals surface area contributed by atoms with E-state index in [0.717, 1.165) is 6.07 Å². The van der Waals surface area contributed by atoms with E-state index in [2.05, 4.69) is 20.5 Å². The van der Waals surface area contributed by atoms with Crippen molar-refractivity contribution in [3.8, 4) is 11.5 Å². The van der Waals surface area contributed by atoms with Crippen LogP contribution in [0.25, 0.3) is 10.8 Å². The van der Waals surface area contributed by atoms with Crippen LogP contribution >= 0.6 is 0 Å². The fourth-order valence-corrected chi connectivity index (χ4v) is 7.81. The van der Waals surface area contributed by atoms with Crippen molar-refractivity contribution in [2.45, 2.75) is 41.4 Å². The highest BCUT2D eigenvalue weighted by Crippen LogP contribution is 2.46. The van der Waals surface area contributed by atoms with Crippen LogP contribution in [0.1, 0.15) is 26.7 Å². The number of fused-ring (bicyclic) bond motifs is 1. The molecule has 0 bridgehead atoms. The number of nitrogen functional groups attached to an aromatic ring is 1. The number of ether oxygens (including phenoxy) is 1. The van der Waals surface area contributed by atoms with Crippen molar-refractivity contribution in [1.29, 1.82) is 0 Å². The van der Waals surface area contributed by atoms with E-state index in [-0.39, 0.29) is 60.6 Å². The Balaban J connectivity index is 1.80. The Bertz CT molecular complexity index is 2180. The van der Waals surface area contributed by atoms with Crippen LogP contribution < -0.4 is 10.5 Å². The van der Waals surface area contributed by atoms with Gasteiger partial charge in [-0.25, -0.2) is 16.8 Å². The number of phenolic OH excluding ortho intramolecular Hbond substituents is 1. The number of azo groups is 2. The molecule has 0 radical (unpaired) electrons. The maximum Gasteiger partial charge on any atom is 0.296 e. The zero-order valence-corrected chi connectivity index (χ0v) is 27.4. The molecule has 14 nitrogen and oxygen atoms in total.